The van der Waals surface area contributed by atoms with E-state index in [0.717, 1.165) is 63.0 Å². The monoisotopic (exact) mass is 649 g/mol. The van der Waals surface area contributed by atoms with Crippen molar-refractivity contribution in [3.05, 3.63) is 133 Å². The predicted octanol–water partition coefficient (Wildman–Crippen LogP) is 8.58. The number of fused-ring (bicyclic) bond motifs is 1. The molecule has 0 atom stereocenters. The number of aliphatic imine (C=N–C) groups is 1. The summed E-state index contributed by atoms with van der Waals surface area (Å²) < 4.78 is 11.5. The van der Waals surface area contributed by atoms with Gasteiger partial charge in [-0.05, 0) is 72.0 Å². The van der Waals surface area contributed by atoms with Crippen molar-refractivity contribution in [2.45, 2.75) is 26.7 Å². The van der Waals surface area contributed by atoms with E-state index >= 15 is 0 Å². The molecule has 4 N–H and O–H groups in total. The highest BCUT2D eigenvalue weighted by molar-refractivity contribution is 5.84. The third kappa shape index (κ3) is 8.90. The molecule has 0 spiro atoms. The van der Waals surface area contributed by atoms with Gasteiger partial charge in [-0.3, -0.25) is 4.98 Å². The summed E-state index contributed by atoms with van der Waals surface area (Å²) in [5.41, 5.74) is 13.0. The number of nitrogens with one attached hydrogen (secondary N) is 2. The lowest BCUT2D eigenvalue weighted by molar-refractivity contribution is 0.331. The molecule has 0 unspecified atom stereocenters. The lowest BCUT2D eigenvalue weighted by Gasteiger charge is -2.14. The zero-order valence-corrected chi connectivity index (χ0v) is 28.0. The van der Waals surface area contributed by atoms with Gasteiger partial charge in [-0.1, -0.05) is 69.2 Å². The smallest absolute Gasteiger partial charge is 0.229 e. The van der Waals surface area contributed by atoms with Crippen molar-refractivity contribution in [3.63, 3.8) is 0 Å². The molecule has 0 aliphatic rings. The Kier molecular flexibility index (Phi) is 11.4. The van der Waals surface area contributed by atoms with Gasteiger partial charge in [0.1, 0.15) is 18.2 Å². The van der Waals surface area contributed by atoms with Gasteiger partial charge in [-0.2, -0.15) is 4.98 Å². The van der Waals surface area contributed by atoms with Crippen molar-refractivity contribution >= 4 is 45.8 Å². The van der Waals surface area contributed by atoms with Gasteiger partial charge in [-0.25, -0.2) is 9.98 Å². The zero-order valence-electron chi connectivity index (χ0n) is 28.0. The van der Waals surface area contributed by atoms with Gasteiger partial charge in [0.25, 0.3) is 0 Å². The average molecular weight is 650 g/mol. The van der Waals surface area contributed by atoms with Crippen molar-refractivity contribution < 1.29 is 9.47 Å². The highest BCUT2D eigenvalue weighted by atomic mass is 16.5. The van der Waals surface area contributed by atoms with Crippen LogP contribution < -0.4 is 25.8 Å². The third-order valence-corrected chi connectivity index (χ3v) is 7.46. The number of benzene rings is 3. The number of aromatic nitrogens is 3. The predicted molar refractivity (Wildman–Crippen MR) is 201 cm³/mol. The van der Waals surface area contributed by atoms with Crippen LogP contribution in [-0.4, -0.2) is 34.9 Å². The third-order valence-electron chi connectivity index (χ3n) is 7.46. The second-order valence-corrected chi connectivity index (χ2v) is 10.9. The summed E-state index contributed by atoms with van der Waals surface area (Å²) in [6, 6.07) is 25.1. The van der Waals surface area contributed by atoms with E-state index in [4.69, 9.17) is 15.2 Å². The second-order valence-electron chi connectivity index (χ2n) is 10.9. The van der Waals surface area contributed by atoms with Gasteiger partial charge >= 0.3 is 0 Å². The highest BCUT2D eigenvalue weighted by Crippen LogP contribution is 2.32. The van der Waals surface area contributed by atoms with Gasteiger partial charge < -0.3 is 25.8 Å². The maximum atomic E-state index is 6.29. The number of methoxy groups -OCH3 is 1. The Hall–Kier alpha value is -6.40. The molecule has 0 aliphatic heterocycles. The van der Waals surface area contributed by atoms with Crippen molar-refractivity contribution in [1.82, 2.24) is 15.0 Å². The van der Waals surface area contributed by atoms with Gasteiger partial charge in [0.05, 0.1) is 24.5 Å². The van der Waals surface area contributed by atoms with E-state index in [2.05, 4.69) is 55.6 Å². The fourth-order valence-electron chi connectivity index (χ4n) is 4.90. The number of rotatable bonds is 13. The SMILES string of the molecule is C=C(CC)/C(C(=C)c1ccc(C#CCOc2cc(Nc3nccc(Nc4cnc5ccccc5c4)n3)ccc2OC)cc1)=C(N)\N=C/CC. The normalized spacial score (nSPS) is 11.3. The Morgan fingerprint density at radius 1 is 0.939 bits per heavy atom. The van der Waals surface area contributed by atoms with Crippen LogP contribution >= 0.6 is 0 Å². The maximum absolute atomic E-state index is 6.29. The van der Waals surface area contributed by atoms with Crippen molar-refractivity contribution in [2.75, 3.05) is 24.4 Å². The van der Waals surface area contributed by atoms with E-state index in [1.165, 1.54) is 0 Å². The maximum Gasteiger partial charge on any atom is 0.229 e. The number of nitrogens with two attached hydrogens (primary N) is 1. The van der Waals surface area contributed by atoms with Gasteiger partial charge in [0, 0.05) is 40.7 Å². The fourth-order valence-corrected chi connectivity index (χ4v) is 4.90. The summed E-state index contributed by atoms with van der Waals surface area (Å²) in [6.07, 6.45) is 6.78. The number of hydrogen-bond donors (Lipinski definition) is 3. The summed E-state index contributed by atoms with van der Waals surface area (Å²) in [5.74, 6) is 8.80. The van der Waals surface area contributed by atoms with Crippen molar-refractivity contribution in [3.8, 4) is 23.3 Å². The fraction of sp³-hybridized carbons (Fsp3) is 0.150. The Balaban J connectivity index is 1.22. The van der Waals surface area contributed by atoms with Crippen LogP contribution in [0.1, 0.15) is 37.8 Å². The Labute approximate surface area is 287 Å². The summed E-state index contributed by atoms with van der Waals surface area (Å²) in [4.78, 5) is 17.8. The molecule has 2 aromatic heterocycles. The van der Waals surface area contributed by atoms with Crippen LogP contribution in [0.3, 0.4) is 0 Å². The second kappa shape index (κ2) is 16.4. The van der Waals surface area contributed by atoms with Crippen molar-refractivity contribution in [1.29, 1.82) is 0 Å². The number of hydrogen-bond acceptors (Lipinski definition) is 9. The summed E-state index contributed by atoms with van der Waals surface area (Å²) >= 11 is 0. The van der Waals surface area contributed by atoms with E-state index < -0.39 is 0 Å². The molecule has 49 heavy (non-hydrogen) atoms. The molecule has 0 aliphatic carbocycles. The molecule has 0 amide bonds. The molecule has 3 aromatic carbocycles. The first kappa shape index (κ1) is 33.9. The molecule has 0 fully saturated rings. The van der Waals surface area contributed by atoms with Crippen LogP contribution in [0.4, 0.5) is 23.1 Å². The van der Waals surface area contributed by atoms with Gasteiger partial charge in [-0.15, -0.1) is 0 Å². The topological polar surface area (TPSA) is 120 Å². The first-order valence-corrected chi connectivity index (χ1v) is 15.9. The largest absolute Gasteiger partial charge is 0.493 e. The molecular weight excluding hydrogens is 610 g/mol. The number of para-hydroxylation sites is 1. The van der Waals surface area contributed by atoms with Crippen LogP contribution in [0.15, 0.2) is 126 Å². The number of ether oxygens (including phenoxy) is 2. The lowest BCUT2D eigenvalue weighted by atomic mass is 9.92. The molecule has 0 radical (unpaired) electrons. The summed E-state index contributed by atoms with van der Waals surface area (Å²) in [6.45, 7) is 12.7. The molecule has 2 heterocycles. The minimum absolute atomic E-state index is 0.152. The number of nitrogens with zero attached hydrogens (tertiary/aromatic N) is 4. The Bertz CT molecular complexity index is 2090. The van der Waals surface area contributed by atoms with Crippen LogP contribution in [-0.2, 0) is 0 Å². The Morgan fingerprint density at radius 2 is 1.76 bits per heavy atom. The van der Waals surface area contributed by atoms with Crippen LogP contribution in [0.5, 0.6) is 11.5 Å². The first-order valence-electron chi connectivity index (χ1n) is 15.9. The number of anilines is 4. The summed E-state index contributed by atoms with van der Waals surface area (Å²) in [5, 5.41) is 7.57. The van der Waals surface area contributed by atoms with E-state index in [-0.39, 0.29) is 6.61 Å². The lowest BCUT2D eigenvalue weighted by Crippen LogP contribution is -2.04. The van der Waals surface area contributed by atoms with E-state index in [1.807, 2.05) is 86.6 Å². The Morgan fingerprint density at radius 3 is 2.53 bits per heavy atom. The summed E-state index contributed by atoms with van der Waals surface area (Å²) in [7, 11) is 1.59. The van der Waals surface area contributed by atoms with E-state index in [1.54, 1.807) is 31.8 Å². The van der Waals surface area contributed by atoms with Gasteiger partial charge in [0.15, 0.2) is 11.5 Å². The molecule has 5 aromatic rings. The standard InChI is InChI=1S/C40H39N7O2/c1-6-21-42-39(41)38(27(3)7-2)28(4)30-16-14-29(15-17-30)11-10-23-49-36-25-32(18-19-35(36)48-5)46-40-43-22-20-37(47-40)45-33-24-31-12-8-9-13-34(31)44-26-33/h8-9,12-22,24-26H,3-4,6-7,23,41H2,1-2,5H3,(H2,43,45,46,47)/b39-38+,42-21-. The molecule has 5 rings (SSSR count). The molecule has 0 saturated carbocycles. The number of allylic oxidation sites excluding steroid dienone is 3. The first-order chi connectivity index (χ1) is 23.9. The average Bonchev–Trinajstić information content (AvgIpc) is 3.13. The zero-order chi connectivity index (χ0) is 34.6. The van der Waals surface area contributed by atoms with Gasteiger partial charge in [0.2, 0.25) is 5.95 Å². The highest BCUT2D eigenvalue weighted by Gasteiger charge is 2.13. The molecule has 0 bridgehead atoms. The minimum Gasteiger partial charge on any atom is -0.493 e. The van der Waals surface area contributed by atoms with Crippen LogP contribution in [0.2, 0.25) is 0 Å². The molecule has 0 saturated heterocycles. The molecule has 9 nitrogen and oxygen atoms in total. The minimum atomic E-state index is 0.152. The van der Waals surface area contributed by atoms with E-state index in [9.17, 15) is 0 Å². The van der Waals surface area contributed by atoms with Crippen molar-refractivity contribution in [2.24, 2.45) is 10.7 Å². The number of pyridine rings is 1. The van der Waals surface area contributed by atoms with Crippen LogP contribution in [0, 0.1) is 11.8 Å². The van der Waals surface area contributed by atoms with Crippen LogP contribution in [0.25, 0.3) is 16.5 Å². The van der Waals surface area contributed by atoms with E-state index in [0.29, 0.717) is 29.1 Å². The quantitative estimate of drug-likeness (QED) is 0.0659. The molecular formula is C40H39N7O2. The molecule has 246 valence electrons. The molecule has 9 heteroatoms.